The smallest absolute Gasteiger partial charge is 0.309 e. The van der Waals surface area contributed by atoms with Gasteiger partial charge in [-0.1, -0.05) is 12.6 Å². The number of thiocarbonyl (C=S) groups is 1. The third-order valence-corrected chi connectivity index (χ3v) is 2.44. The Morgan fingerprint density at radius 1 is 1.64 bits per heavy atom. The molecule has 0 spiro atoms. The van der Waals surface area contributed by atoms with Gasteiger partial charge in [0.2, 0.25) is 4.32 Å². The lowest BCUT2D eigenvalue weighted by atomic mass is 10.4. The zero-order valence-corrected chi connectivity index (χ0v) is 8.28. The van der Waals surface area contributed by atoms with Crippen LogP contribution in [0, 0.1) is 0 Å². The first-order valence-electron chi connectivity index (χ1n) is 3.14. The van der Waals surface area contributed by atoms with Crippen LogP contribution in [0.15, 0.2) is 0 Å². The fraction of sp³-hybridized carbons (Fsp3) is 0.667. The molecule has 0 amide bonds. The van der Waals surface area contributed by atoms with Gasteiger partial charge in [0.25, 0.3) is 0 Å². The average Bonchev–Trinajstić information content (AvgIpc) is 1.84. The van der Waals surface area contributed by atoms with Gasteiger partial charge in [-0.25, -0.2) is 0 Å². The molecule has 5 heteroatoms. The number of hydrogen-bond acceptors (Lipinski definition) is 2. The molecule has 1 N–H and O–H groups in total. The molecular weight excluding hydrogens is 182 g/mol. The molecule has 0 aliphatic rings. The normalized spacial score (nSPS) is 11.2. The Hall–Kier alpha value is -0.130. The molecule has 0 rings (SSSR count). The molecule has 0 aliphatic carbocycles. The summed E-state index contributed by atoms with van der Waals surface area (Å²) in [4.78, 5) is 10.2. The molecule has 0 aromatic heterocycles. The molecule has 0 atom stereocenters. The summed E-state index contributed by atoms with van der Waals surface area (Å²) in [5.41, 5.74) is 0. The van der Waals surface area contributed by atoms with Gasteiger partial charge in [0.15, 0.2) is 0 Å². The first kappa shape index (κ1) is 10.9. The Labute approximate surface area is 77.0 Å². The summed E-state index contributed by atoms with van der Waals surface area (Å²) in [5, 5.41) is 8.38. The van der Waals surface area contributed by atoms with E-state index in [1.807, 2.05) is 14.1 Å². The summed E-state index contributed by atoms with van der Waals surface area (Å²) in [6.07, 6.45) is 0.119. The summed E-state index contributed by atoms with van der Waals surface area (Å²) in [7, 11) is 3.66. The number of hydrogen-bond donors (Lipinski definition) is 2. The fourth-order valence-corrected chi connectivity index (χ4v) is 0.662. The maximum Gasteiger partial charge on any atom is 0.309 e. The molecule has 0 aliphatic heterocycles. The van der Waals surface area contributed by atoms with Gasteiger partial charge >= 0.3 is 5.97 Å². The van der Waals surface area contributed by atoms with Crippen molar-refractivity contribution in [3.05, 3.63) is 0 Å². The van der Waals surface area contributed by atoms with Crippen molar-refractivity contribution in [1.82, 2.24) is 0 Å². The van der Waals surface area contributed by atoms with Crippen LogP contribution in [0.25, 0.3) is 0 Å². The van der Waals surface area contributed by atoms with Crippen LogP contribution in [0.4, 0.5) is 0 Å². The number of nitrogens with zero attached hydrogens (tertiary/aromatic N) is 1. The highest BCUT2D eigenvalue weighted by atomic mass is 32.1. The van der Waals surface area contributed by atoms with Crippen molar-refractivity contribution >= 4 is 35.1 Å². The van der Waals surface area contributed by atoms with Crippen LogP contribution in [-0.4, -0.2) is 40.5 Å². The van der Waals surface area contributed by atoms with Crippen LogP contribution in [0.1, 0.15) is 6.42 Å². The molecule has 0 aromatic rings. The molecule has 3 nitrogen and oxygen atoms in total. The number of aliphatic carboxylic acids is 1. The van der Waals surface area contributed by atoms with Crippen LogP contribution < -0.4 is 0 Å². The van der Waals surface area contributed by atoms with Crippen LogP contribution in [0.3, 0.4) is 0 Å². The second-order valence-electron chi connectivity index (χ2n) is 2.83. The highest BCUT2D eigenvalue weighted by Gasteiger charge is 2.19. The molecular formula is C6H12NO2S2+. The van der Waals surface area contributed by atoms with E-state index in [-0.39, 0.29) is 6.42 Å². The van der Waals surface area contributed by atoms with Crippen molar-refractivity contribution in [1.29, 1.82) is 0 Å². The first-order chi connectivity index (χ1) is 4.86. The van der Waals surface area contributed by atoms with Crippen molar-refractivity contribution < 1.29 is 14.4 Å². The molecule has 0 heterocycles. The maximum absolute atomic E-state index is 10.2. The zero-order valence-electron chi connectivity index (χ0n) is 6.57. The Bertz CT molecular complexity index is 179. The van der Waals surface area contributed by atoms with E-state index in [0.717, 1.165) is 0 Å². The van der Waals surface area contributed by atoms with Gasteiger partial charge in [0, 0.05) is 0 Å². The third kappa shape index (κ3) is 4.34. The number of thiol groups is 1. The average molecular weight is 194 g/mol. The largest absolute Gasteiger partial charge is 0.481 e. The highest BCUT2D eigenvalue weighted by molar-refractivity contribution is 8.10. The molecule has 0 saturated heterocycles. The topological polar surface area (TPSA) is 37.3 Å². The van der Waals surface area contributed by atoms with Gasteiger partial charge < -0.3 is 5.11 Å². The van der Waals surface area contributed by atoms with E-state index in [1.54, 1.807) is 0 Å². The molecule has 0 fully saturated rings. The second-order valence-corrected chi connectivity index (χ2v) is 3.95. The lowest BCUT2D eigenvalue weighted by Gasteiger charge is -2.25. The molecule has 0 aromatic carbocycles. The summed E-state index contributed by atoms with van der Waals surface area (Å²) in [5.74, 6) is -0.805. The van der Waals surface area contributed by atoms with Crippen LogP contribution >= 0.6 is 24.8 Å². The number of carbonyl (C=O) groups is 1. The van der Waals surface area contributed by atoms with E-state index in [2.05, 4.69) is 12.6 Å². The molecule has 0 unspecified atom stereocenters. The van der Waals surface area contributed by atoms with Gasteiger partial charge in [0.05, 0.1) is 27.1 Å². The minimum Gasteiger partial charge on any atom is -0.481 e. The molecule has 11 heavy (non-hydrogen) atoms. The number of rotatable bonds is 3. The number of carboxylic acids is 1. The van der Waals surface area contributed by atoms with Crippen molar-refractivity contribution in [3.63, 3.8) is 0 Å². The standard InChI is InChI=1S/C6H11NO2S2/c1-7(2,6(10)11)4-3-5(8)9/h3-4H2,1-2H3,(H-,8,9,10,11)/p+1. The first-order valence-corrected chi connectivity index (χ1v) is 4.00. The highest BCUT2D eigenvalue weighted by Crippen LogP contribution is 2.04. The monoisotopic (exact) mass is 194 g/mol. The van der Waals surface area contributed by atoms with Gasteiger partial charge in [-0.3, -0.25) is 9.28 Å². The predicted octanol–water partition coefficient (Wildman–Crippen LogP) is 0.752. The predicted molar refractivity (Wildman–Crippen MR) is 50.8 cm³/mol. The van der Waals surface area contributed by atoms with Gasteiger partial charge in [-0.15, -0.1) is 0 Å². The molecule has 0 bridgehead atoms. The minimum absolute atomic E-state index is 0.119. The third-order valence-electron chi connectivity index (χ3n) is 1.40. The zero-order chi connectivity index (χ0) is 9.07. The Morgan fingerprint density at radius 3 is 2.36 bits per heavy atom. The van der Waals surface area contributed by atoms with E-state index in [1.165, 1.54) is 0 Å². The van der Waals surface area contributed by atoms with E-state index in [0.29, 0.717) is 15.3 Å². The van der Waals surface area contributed by atoms with Crippen molar-refractivity contribution in [2.24, 2.45) is 0 Å². The van der Waals surface area contributed by atoms with Crippen molar-refractivity contribution in [3.8, 4) is 0 Å². The molecule has 64 valence electrons. The van der Waals surface area contributed by atoms with E-state index >= 15 is 0 Å². The van der Waals surface area contributed by atoms with E-state index in [9.17, 15) is 4.79 Å². The Kier molecular flexibility index (Phi) is 3.99. The van der Waals surface area contributed by atoms with Gasteiger partial charge in [-0.05, 0) is 12.2 Å². The lowest BCUT2D eigenvalue weighted by Crippen LogP contribution is -2.43. The lowest BCUT2D eigenvalue weighted by molar-refractivity contribution is -0.792. The summed E-state index contributed by atoms with van der Waals surface area (Å²) < 4.78 is 0.872. The second kappa shape index (κ2) is 4.04. The van der Waals surface area contributed by atoms with Crippen molar-refractivity contribution in [2.45, 2.75) is 6.42 Å². The van der Waals surface area contributed by atoms with E-state index < -0.39 is 5.97 Å². The SMILES string of the molecule is C[N+](C)(CCC(=O)O)C(=S)S. The van der Waals surface area contributed by atoms with Crippen molar-refractivity contribution in [2.75, 3.05) is 20.6 Å². The summed E-state index contributed by atoms with van der Waals surface area (Å²) >= 11 is 8.82. The summed E-state index contributed by atoms with van der Waals surface area (Å²) in [6, 6.07) is 0. The van der Waals surface area contributed by atoms with Crippen LogP contribution in [0.2, 0.25) is 0 Å². The molecule has 0 saturated carbocycles. The molecule has 0 radical (unpaired) electrons. The Balaban J connectivity index is 3.92. The van der Waals surface area contributed by atoms with Crippen LogP contribution in [-0.2, 0) is 4.79 Å². The number of quaternary nitrogens is 1. The quantitative estimate of drug-likeness (QED) is 0.395. The van der Waals surface area contributed by atoms with Gasteiger partial charge in [-0.2, -0.15) is 0 Å². The number of carboxylic acid groups (broad SMARTS) is 1. The fourth-order valence-electron chi connectivity index (χ4n) is 0.471. The maximum atomic E-state index is 10.2. The van der Waals surface area contributed by atoms with Crippen LogP contribution in [0.5, 0.6) is 0 Å². The van der Waals surface area contributed by atoms with E-state index in [4.69, 9.17) is 17.3 Å². The summed E-state index contributed by atoms with van der Waals surface area (Å²) in [6.45, 7) is 0.484. The minimum atomic E-state index is -0.805. The van der Waals surface area contributed by atoms with Gasteiger partial charge in [0.1, 0.15) is 0 Å². The Morgan fingerprint density at radius 2 is 2.09 bits per heavy atom.